The van der Waals surface area contributed by atoms with Crippen molar-refractivity contribution in [1.29, 1.82) is 5.41 Å². The smallest absolute Gasteiger partial charge is 0.182 e. The van der Waals surface area contributed by atoms with Gasteiger partial charge in [-0.3, -0.25) is 20.4 Å². The van der Waals surface area contributed by atoms with E-state index in [0.717, 1.165) is 17.7 Å². The Labute approximate surface area is 417 Å². The molecule has 0 aliphatic carbocycles. The summed E-state index contributed by atoms with van der Waals surface area (Å²) in [6, 6.07) is 36.6. The summed E-state index contributed by atoms with van der Waals surface area (Å²) >= 11 is 0. The van der Waals surface area contributed by atoms with Gasteiger partial charge in [-0.15, -0.1) is 0 Å². The number of hydrogen-bond acceptors (Lipinski definition) is 7. The van der Waals surface area contributed by atoms with Gasteiger partial charge >= 0.3 is 0 Å². The number of halogens is 4. The Morgan fingerprint density at radius 3 is 1.74 bits per heavy atom. The third-order valence-electron chi connectivity index (χ3n) is 12.6. The van der Waals surface area contributed by atoms with E-state index in [1.54, 1.807) is 44.3 Å². The number of fused-ring (bicyclic) bond motifs is 3. The number of rotatable bonds is 10. The lowest BCUT2D eigenvalue weighted by atomic mass is 9.95. The first-order valence-corrected chi connectivity index (χ1v) is 23.6. The summed E-state index contributed by atoms with van der Waals surface area (Å²) < 4.78 is 62.0. The monoisotopic (exact) mass is 978 g/mol. The van der Waals surface area contributed by atoms with Gasteiger partial charge in [0, 0.05) is 37.9 Å². The Balaban J connectivity index is 0.000000150. The minimum atomic E-state index is -0.550. The van der Waals surface area contributed by atoms with Crippen LogP contribution in [-0.4, -0.2) is 45.8 Å². The molecule has 3 aromatic heterocycles. The van der Waals surface area contributed by atoms with Crippen LogP contribution < -0.4 is 11.1 Å². The molecule has 0 bridgehead atoms. The number of carbonyl (C=O) groups is 1. The molecular weight excluding hydrogens is 929 g/mol. The minimum absolute atomic E-state index is 0.102. The van der Waals surface area contributed by atoms with Gasteiger partial charge in [0.05, 0.1) is 38.5 Å². The van der Waals surface area contributed by atoms with Crippen LogP contribution in [0.2, 0.25) is 0 Å². The molecule has 9 aromatic rings. The lowest BCUT2D eigenvalue weighted by Crippen LogP contribution is -2.11. The molecule has 11 rings (SSSR count). The molecule has 15 heteroatoms. The first kappa shape index (κ1) is 49.0. The van der Waals surface area contributed by atoms with Gasteiger partial charge in [-0.1, -0.05) is 86.6 Å². The van der Waals surface area contributed by atoms with Gasteiger partial charge in [-0.2, -0.15) is 10.2 Å². The Morgan fingerprint density at radius 1 is 0.616 bits per heavy atom. The van der Waals surface area contributed by atoms with E-state index >= 15 is 4.39 Å². The fourth-order valence-electron chi connectivity index (χ4n) is 8.79. The van der Waals surface area contributed by atoms with Gasteiger partial charge in [0.25, 0.3) is 0 Å². The molecule has 2 aliphatic heterocycles. The van der Waals surface area contributed by atoms with Crippen LogP contribution >= 0.6 is 0 Å². The second-order valence-corrected chi connectivity index (χ2v) is 17.7. The maximum absolute atomic E-state index is 15.5. The van der Waals surface area contributed by atoms with Crippen molar-refractivity contribution in [3.63, 3.8) is 0 Å². The summed E-state index contributed by atoms with van der Waals surface area (Å²) in [6.07, 6.45) is 9.48. The number of H-pyrrole nitrogens is 2. The SMILES string of the molecule is CCc1cc(C)c(F)cc1-c1cc(F)c2c(-c3nc4ccn(Cc5ccccc5)cc-4n3)n[nH]c2c1.CCc1cc(C)c(F)cc1-c1cc(F)c2c(C=O)[nH]nc2c1.N=c1ccn(Cc2ccccc2)cc1N. The molecule has 0 unspecified atom stereocenters. The summed E-state index contributed by atoms with van der Waals surface area (Å²) in [6.45, 7) is 8.89. The molecule has 73 heavy (non-hydrogen) atoms. The van der Waals surface area contributed by atoms with Crippen molar-refractivity contribution < 1.29 is 22.4 Å². The van der Waals surface area contributed by atoms with Gasteiger partial charge in [0.1, 0.15) is 40.4 Å². The zero-order chi connectivity index (χ0) is 51.3. The lowest BCUT2D eigenvalue weighted by molar-refractivity contribution is 0.112. The Kier molecular flexibility index (Phi) is 14.2. The van der Waals surface area contributed by atoms with E-state index in [0.29, 0.717) is 109 Å². The van der Waals surface area contributed by atoms with Crippen molar-refractivity contribution in [1.82, 2.24) is 39.5 Å². The van der Waals surface area contributed by atoms with E-state index in [4.69, 9.17) is 11.1 Å². The molecule has 0 amide bonds. The number of nitrogens with one attached hydrogen (secondary N) is 3. The molecule has 5 heterocycles. The maximum atomic E-state index is 15.5. The zero-order valence-electron chi connectivity index (χ0n) is 40.4. The quantitative estimate of drug-likeness (QED) is 0.0788. The number of nitrogens with two attached hydrogens (primary N) is 1. The van der Waals surface area contributed by atoms with Crippen LogP contribution in [0.4, 0.5) is 23.2 Å². The van der Waals surface area contributed by atoms with Crippen LogP contribution in [0.5, 0.6) is 0 Å². The summed E-state index contributed by atoms with van der Waals surface area (Å²) in [7, 11) is 0. The zero-order valence-corrected chi connectivity index (χ0v) is 40.4. The minimum Gasteiger partial charge on any atom is -0.396 e. The third kappa shape index (κ3) is 10.6. The number of aldehydes is 1. The predicted octanol–water partition coefficient (Wildman–Crippen LogP) is 12.6. The van der Waals surface area contributed by atoms with Crippen molar-refractivity contribution in [2.45, 2.75) is 53.6 Å². The fraction of sp³-hybridized carbons (Fsp3) is 0.138. The molecular formula is C58H50F4N10O. The summed E-state index contributed by atoms with van der Waals surface area (Å²) in [5.41, 5.74) is 16.8. The standard InChI is InChI=1S/C29H23F2N5.C17H14F2N2O.C12H13N3/c1-3-19-11-17(2)22(30)14-21(19)20-12-23(31)27-25(13-20)34-35-28(27)29-32-24-9-10-36(16-26(24)33-29)15-18-7-5-4-6-8-18;1-3-10-4-9(2)13(18)7-12(10)11-5-14(19)17-15(6-11)20-21-16(17)8-22;13-11-6-7-15(9-12(11)14)8-10-4-2-1-3-5-10/h4-14,16H,3,15H2,1-2H3,(H,34,35);4-8H,3H2,1-2H3,(H,20,21);1-7,9,13H,8,14H2. The van der Waals surface area contributed by atoms with Crippen LogP contribution in [0, 0.1) is 42.5 Å². The number of pyridine rings is 2. The molecule has 0 fully saturated rings. The van der Waals surface area contributed by atoms with Gasteiger partial charge in [-0.25, -0.2) is 27.5 Å². The maximum Gasteiger partial charge on any atom is 0.182 e. The molecule has 5 N–H and O–H groups in total. The molecule has 0 spiro atoms. The van der Waals surface area contributed by atoms with Crippen molar-refractivity contribution in [2.24, 2.45) is 0 Å². The van der Waals surface area contributed by atoms with Gasteiger partial charge in [0.2, 0.25) is 0 Å². The van der Waals surface area contributed by atoms with E-state index in [9.17, 15) is 18.0 Å². The first-order valence-electron chi connectivity index (χ1n) is 23.6. The second-order valence-electron chi connectivity index (χ2n) is 17.7. The lowest BCUT2D eigenvalue weighted by Gasteiger charge is -2.11. The number of hydrogen-bond donors (Lipinski definition) is 4. The van der Waals surface area contributed by atoms with Crippen molar-refractivity contribution in [3.05, 3.63) is 214 Å². The van der Waals surface area contributed by atoms with E-state index in [2.05, 4.69) is 54.6 Å². The Hall–Kier alpha value is -8.98. The molecule has 0 saturated carbocycles. The van der Waals surface area contributed by atoms with E-state index < -0.39 is 11.6 Å². The number of nitrogen functional groups attached to an aromatic ring is 1. The highest BCUT2D eigenvalue weighted by Crippen LogP contribution is 2.36. The van der Waals surface area contributed by atoms with E-state index in [-0.39, 0.29) is 22.7 Å². The van der Waals surface area contributed by atoms with Gasteiger partial charge in [-0.05, 0) is 131 Å². The number of aryl methyl sites for hydroxylation is 4. The summed E-state index contributed by atoms with van der Waals surface area (Å²) in [5, 5.41) is 22.0. The van der Waals surface area contributed by atoms with E-state index in [1.807, 2.05) is 90.1 Å². The van der Waals surface area contributed by atoms with Crippen LogP contribution in [0.3, 0.4) is 0 Å². The van der Waals surface area contributed by atoms with Crippen molar-refractivity contribution >= 4 is 33.8 Å². The normalized spacial score (nSPS) is 11.1. The second kappa shape index (κ2) is 21.2. The van der Waals surface area contributed by atoms with Crippen LogP contribution in [0.15, 0.2) is 146 Å². The molecule has 2 aliphatic rings. The number of aromatic nitrogens is 8. The topological polar surface area (TPSA) is 160 Å². The van der Waals surface area contributed by atoms with E-state index in [1.165, 1.54) is 35.4 Å². The number of benzene rings is 6. The fourth-order valence-corrected chi connectivity index (χ4v) is 8.79. The van der Waals surface area contributed by atoms with Crippen LogP contribution in [0.1, 0.15) is 57.7 Å². The number of nitrogens with zero attached hydrogens (tertiary/aromatic N) is 6. The summed E-state index contributed by atoms with van der Waals surface area (Å²) in [5.74, 6) is -1.29. The average molecular weight is 979 g/mol. The Morgan fingerprint density at radius 2 is 1.16 bits per heavy atom. The highest BCUT2D eigenvalue weighted by atomic mass is 19.1. The van der Waals surface area contributed by atoms with Gasteiger partial charge in [0.15, 0.2) is 12.1 Å². The van der Waals surface area contributed by atoms with Crippen molar-refractivity contribution in [3.8, 4) is 45.2 Å². The number of anilines is 1. The average Bonchev–Trinajstić information content (AvgIpc) is 4.15. The third-order valence-corrected chi connectivity index (χ3v) is 12.6. The molecule has 0 atom stereocenters. The van der Waals surface area contributed by atoms with Crippen LogP contribution in [0.25, 0.3) is 67.0 Å². The summed E-state index contributed by atoms with van der Waals surface area (Å²) in [4.78, 5) is 20.1. The molecule has 11 nitrogen and oxygen atoms in total. The number of carbonyl (C=O) groups excluding carboxylic acids is 1. The molecule has 6 aromatic carbocycles. The molecule has 0 radical (unpaired) electrons. The predicted molar refractivity (Wildman–Crippen MR) is 278 cm³/mol. The first-order chi connectivity index (χ1) is 35.3. The van der Waals surface area contributed by atoms with Crippen LogP contribution in [-0.2, 0) is 25.9 Å². The molecule has 366 valence electrons. The largest absolute Gasteiger partial charge is 0.396 e. The number of aromatic amines is 2. The molecule has 0 saturated heterocycles. The highest BCUT2D eigenvalue weighted by Gasteiger charge is 2.22. The number of imidazole rings is 1. The van der Waals surface area contributed by atoms with Crippen molar-refractivity contribution in [2.75, 3.05) is 5.73 Å². The Bertz CT molecular complexity index is 3800. The van der Waals surface area contributed by atoms with Gasteiger partial charge < -0.3 is 14.9 Å². The highest BCUT2D eigenvalue weighted by molar-refractivity contribution is 5.97.